The third-order valence-corrected chi connectivity index (χ3v) is 13.9. The van der Waals surface area contributed by atoms with Crippen LogP contribution in [-0.4, -0.2) is 4.98 Å². The van der Waals surface area contributed by atoms with Crippen molar-refractivity contribution in [1.82, 2.24) is 4.98 Å². The largest absolute Gasteiger partial charge is 3.00 e. The van der Waals surface area contributed by atoms with Gasteiger partial charge >= 0.3 is 20.1 Å². The summed E-state index contributed by atoms with van der Waals surface area (Å²) in [5, 5.41) is 4.95. The maximum absolute atomic E-state index is 6.77. The van der Waals surface area contributed by atoms with Gasteiger partial charge in [-0.2, -0.15) is 18.6 Å². The molecule has 0 bridgehead atoms. The van der Waals surface area contributed by atoms with Crippen LogP contribution >= 0.6 is 7.53 Å². The smallest absolute Gasteiger partial charge is 0.501 e. The molecule has 10 rings (SSSR count). The number of hydrogen-bond donors (Lipinski definition) is 0. The van der Waals surface area contributed by atoms with Gasteiger partial charge in [-0.25, -0.2) is 0 Å². The number of para-hydroxylation sites is 1. The molecule has 0 saturated carbocycles. The Hall–Kier alpha value is -6.15. The van der Waals surface area contributed by atoms with E-state index in [1.807, 2.05) is 53.2 Å². The van der Waals surface area contributed by atoms with Crippen LogP contribution in [0.25, 0.3) is 82.4 Å². The fraction of sp³-hybridized carbons (Fsp3) is 0.107. The van der Waals surface area contributed by atoms with Crippen molar-refractivity contribution >= 4 is 40.1 Å². The number of aromatic nitrogens is 2. The second kappa shape index (κ2) is 17.8. The van der Waals surface area contributed by atoms with Crippen LogP contribution in [0.15, 0.2) is 180 Å². The summed E-state index contributed by atoms with van der Waals surface area (Å²) in [5.74, 6) is 0.685. The molecule has 1 atom stereocenters. The van der Waals surface area contributed by atoms with Crippen LogP contribution in [0, 0.1) is 20.0 Å². The van der Waals surface area contributed by atoms with E-state index in [2.05, 4.69) is 175 Å². The van der Waals surface area contributed by atoms with Crippen molar-refractivity contribution in [1.29, 1.82) is 0 Å². The van der Waals surface area contributed by atoms with Crippen molar-refractivity contribution in [2.75, 3.05) is 0 Å². The molecule has 0 amide bonds. The molecule has 5 heteroatoms. The number of hydrogen-bond acceptors (Lipinski definition) is 2. The molecule has 3 heterocycles. The summed E-state index contributed by atoms with van der Waals surface area (Å²) in [5.41, 5.74) is 15.7. The Morgan fingerprint density at radius 3 is 1.92 bits per heavy atom. The third-order valence-electron chi connectivity index (χ3n) is 11.3. The fourth-order valence-electron chi connectivity index (χ4n) is 8.24. The first-order chi connectivity index (χ1) is 29.3. The van der Waals surface area contributed by atoms with E-state index in [4.69, 9.17) is 9.40 Å². The van der Waals surface area contributed by atoms with Crippen LogP contribution in [0.2, 0.25) is 0 Å². The van der Waals surface area contributed by atoms with Gasteiger partial charge in [-0.1, -0.05) is 148 Å². The first-order valence-electron chi connectivity index (χ1n) is 20.6. The third kappa shape index (κ3) is 8.08. The zero-order valence-electron chi connectivity index (χ0n) is 34.9. The molecule has 3 aromatic heterocycles. The summed E-state index contributed by atoms with van der Waals surface area (Å²) < 4.78 is 8.62. The zero-order chi connectivity index (χ0) is 41.3. The average molecular weight is 987 g/mol. The van der Waals surface area contributed by atoms with Crippen LogP contribution in [-0.2, 0) is 20.1 Å². The van der Waals surface area contributed by atoms with Crippen molar-refractivity contribution in [2.24, 2.45) is 0 Å². The van der Waals surface area contributed by atoms with Crippen molar-refractivity contribution in [3.05, 3.63) is 213 Å². The Morgan fingerprint density at radius 1 is 0.623 bits per heavy atom. The summed E-state index contributed by atoms with van der Waals surface area (Å²) >= 11 is 0. The molecule has 0 aliphatic carbocycles. The molecular weight excluding hydrogens is 940 g/mol. The predicted molar refractivity (Wildman–Crippen MR) is 254 cm³/mol. The van der Waals surface area contributed by atoms with Crippen molar-refractivity contribution < 1.29 is 29.1 Å². The molecule has 0 saturated heterocycles. The normalized spacial score (nSPS) is 11.5. The van der Waals surface area contributed by atoms with Crippen LogP contribution in [0.1, 0.15) is 56.2 Å². The number of rotatable bonds is 7. The van der Waals surface area contributed by atoms with Crippen LogP contribution in [0.5, 0.6) is 0 Å². The molecule has 0 spiro atoms. The first-order valence-corrected chi connectivity index (χ1v) is 22.0. The Kier molecular flexibility index (Phi) is 12.2. The summed E-state index contributed by atoms with van der Waals surface area (Å²) in [6.45, 7) is 13.3. The maximum Gasteiger partial charge on any atom is 3.00 e. The predicted octanol–water partition coefficient (Wildman–Crippen LogP) is 15.6. The van der Waals surface area contributed by atoms with Crippen molar-refractivity contribution in [2.45, 2.75) is 39.5 Å². The summed E-state index contributed by atoms with van der Waals surface area (Å²) in [7, 11) is 2.96. The molecule has 61 heavy (non-hydrogen) atoms. The molecule has 0 aliphatic heterocycles. The number of pyridine rings is 1. The number of furan rings is 1. The molecule has 0 radical (unpaired) electrons. The van der Waals surface area contributed by atoms with Gasteiger partial charge in [-0.3, -0.25) is 4.98 Å². The van der Waals surface area contributed by atoms with E-state index in [1.165, 1.54) is 38.2 Å². The van der Waals surface area contributed by atoms with Crippen molar-refractivity contribution in [3.8, 4) is 49.8 Å². The second-order valence-electron chi connectivity index (χ2n) is 15.9. The van der Waals surface area contributed by atoms with Gasteiger partial charge in [0.05, 0.1) is 23.0 Å². The van der Waals surface area contributed by atoms with E-state index < -0.39 is 7.53 Å². The molecule has 0 aliphatic rings. The minimum absolute atomic E-state index is 0. The zero-order valence-corrected chi connectivity index (χ0v) is 38.2. The van der Waals surface area contributed by atoms with E-state index >= 15 is 0 Å². The van der Waals surface area contributed by atoms with Crippen LogP contribution < -0.4 is 4.57 Å². The van der Waals surface area contributed by atoms with Gasteiger partial charge in [0.1, 0.15) is 5.58 Å². The van der Waals surface area contributed by atoms with Gasteiger partial charge in [0.2, 0.25) is 0 Å². The molecule has 0 N–H and O–H groups in total. The Bertz CT molecular complexity index is 3050. The molecule has 10 aromatic rings. The molecule has 300 valence electrons. The molecule has 0 fully saturated rings. The Morgan fingerprint density at radius 2 is 1.25 bits per heavy atom. The second-order valence-corrected chi connectivity index (χ2v) is 17.9. The average Bonchev–Trinajstić information content (AvgIpc) is 3.85. The quantitative estimate of drug-likeness (QED) is 0.118. The fourth-order valence-corrected chi connectivity index (χ4v) is 11.3. The van der Waals surface area contributed by atoms with Crippen LogP contribution in [0.4, 0.5) is 0 Å². The monoisotopic (exact) mass is 987 g/mol. The van der Waals surface area contributed by atoms with E-state index in [0.717, 1.165) is 60.8 Å². The van der Waals surface area contributed by atoms with Gasteiger partial charge in [0, 0.05) is 23.0 Å². The Balaban J connectivity index is 0.000000291. The number of nitrogens with zero attached hydrogens (tertiary/aromatic N) is 2. The maximum atomic E-state index is 6.77. The number of fused-ring (bicyclic) bond motifs is 4. The summed E-state index contributed by atoms with van der Waals surface area (Å²) in [6, 6.07) is 63.2. The van der Waals surface area contributed by atoms with Crippen molar-refractivity contribution in [3.63, 3.8) is 0 Å². The molecular formula is C56H47IrN2OP+. The van der Waals surface area contributed by atoms with Gasteiger partial charge in [-0.05, 0) is 80.9 Å². The first kappa shape index (κ1) is 41.6. The SMILES string of the molecule is CC(C)c1cc(-c2ccccc2)cc(C(C)C)c1-p1c(-c2[c-]ccc3c2oc2cc(-c4ccccc4)ccc23)nc2ccccc21.[CH2-]c1ccccc1-c1cccc[n+]1[CH2-].[Ir+3]. The minimum Gasteiger partial charge on any atom is -0.501 e. The standard InChI is InChI=1S/C43H35NOP.C13H12N.Ir/c1-27(2)36-24-32(30-16-9-6-10-17-30)25-37(28(3)4)42(36)46-40-21-12-11-20-38(40)44-43(46)35-19-13-18-34-33-23-22-31(26-39(33)45-41(34)35)29-14-7-5-8-15-29;1-11-7-3-4-8-12(11)13-9-5-6-10-14(13)2;/h5-18,20-28H,1-4H3;3-10H,1-2H2;/q2*-1;+3. The Labute approximate surface area is 374 Å². The van der Waals surface area contributed by atoms with Gasteiger partial charge in [0.15, 0.2) is 0 Å². The van der Waals surface area contributed by atoms with Gasteiger partial charge in [-0.15, -0.1) is 43.4 Å². The summed E-state index contributed by atoms with van der Waals surface area (Å²) in [4.78, 5) is 5.40. The topological polar surface area (TPSA) is 29.9 Å². The minimum atomic E-state index is -0.970. The van der Waals surface area contributed by atoms with E-state index in [9.17, 15) is 0 Å². The summed E-state index contributed by atoms with van der Waals surface area (Å²) in [6.07, 6.45) is 1.93. The van der Waals surface area contributed by atoms with Crippen LogP contribution in [0.3, 0.4) is 0 Å². The van der Waals surface area contributed by atoms with E-state index in [-0.39, 0.29) is 20.1 Å². The molecule has 7 aromatic carbocycles. The van der Waals surface area contributed by atoms with Gasteiger partial charge < -0.3 is 8.98 Å². The molecule has 1 unspecified atom stereocenters. The van der Waals surface area contributed by atoms with Gasteiger partial charge in [0.25, 0.3) is 0 Å². The van der Waals surface area contributed by atoms with E-state index in [0.29, 0.717) is 11.8 Å². The number of benzene rings is 7. The molecule has 3 nitrogen and oxygen atoms in total. The van der Waals surface area contributed by atoms with E-state index in [1.54, 1.807) is 0 Å².